The lowest BCUT2D eigenvalue weighted by Gasteiger charge is -2.15. The molecule has 1 saturated heterocycles. The molecule has 0 spiro atoms. The van der Waals surface area contributed by atoms with Crippen molar-refractivity contribution in [1.82, 2.24) is 14.6 Å². The van der Waals surface area contributed by atoms with Crippen molar-refractivity contribution in [2.75, 3.05) is 13.1 Å². The van der Waals surface area contributed by atoms with E-state index in [0.29, 0.717) is 0 Å². The highest BCUT2D eigenvalue weighted by Gasteiger charge is 2.16. The molecule has 1 aliphatic heterocycles. The number of halogens is 1. The molecule has 0 saturated carbocycles. The van der Waals surface area contributed by atoms with Crippen LogP contribution in [0.1, 0.15) is 31.2 Å². The second-order valence-electron chi connectivity index (χ2n) is 5.90. The largest absolute Gasteiger partial charge is 0.493 e. The summed E-state index contributed by atoms with van der Waals surface area (Å²) < 4.78 is 0.966. The number of hydrogen-bond acceptors (Lipinski definition) is 5. The first-order chi connectivity index (χ1) is 12.1. The third-order valence-electron chi connectivity index (χ3n) is 4.15. The molecule has 132 valence electrons. The second-order valence-corrected chi connectivity index (χ2v) is 6.30. The molecule has 2 heterocycles. The molecule has 1 aromatic carbocycles. The van der Waals surface area contributed by atoms with Gasteiger partial charge in [0.05, 0.1) is 16.9 Å². The van der Waals surface area contributed by atoms with E-state index in [-0.39, 0.29) is 16.3 Å². The van der Waals surface area contributed by atoms with Gasteiger partial charge in [0.15, 0.2) is 0 Å². The molecule has 0 unspecified atom stereocenters. The van der Waals surface area contributed by atoms with E-state index in [1.807, 2.05) is 5.01 Å². The number of aromatic nitrogens is 2. The Morgan fingerprint density at radius 1 is 1.12 bits per heavy atom. The summed E-state index contributed by atoms with van der Waals surface area (Å²) in [4.78, 5) is 26.4. The van der Waals surface area contributed by atoms with E-state index in [1.54, 1.807) is 24.3 Å². The van der Waals surface area contributed by atoms with Crippen molar-refractivity contribution in [3.05, 3.63) is 55.7 Å². The number of rotatable bonds is 3. The van der Waals surface area contributed by atoms with Gasteiger partial charge in [0.25, 0.3) is 5.56 Å². The minimum Gasteiger partial charge on any atom is -0.493 e. The third kappa shape index (κ3) is 3.76. The molecule has 1 aromatic heterocycles. The third-order valence-corrected chi connectivity index (χ3v) is 4.47. The number of benzene rings is 1. The van der Waals surface area contributed by atoms with Crippen molar-refractivity contribution < 1.29 is 5.11 Å². The number of hydrogen-bond donors (Lipinski definition) is 2. The van der Waals surface area contributed by atoms with Crippen LogP contribution < -0.4 is 11.2 Å². The smallest absolute Gasteiger partial charge is 0.335 e. The van der Waals surface area contributed by atoms with E-state index in [0.717, 1.165) is 43.3 Å². The quantitative estimate of drug-likeness (QED) is 0.818. The van der Waals surface area contributed by atoms with Gasteiger partial charge in [-0.25, -0.2) is 9.36 Å². The average Bonchev–Trinajstić information content (AvgIpc) is 2.85. The van der Waals surface area contributed by atoms with Gasteiger partial charge < -0.3 is 5.11 Å². The summed E-state index contributed by atoms with van der Waals surface area (Å²) in [5, 5.41) is 16.9. The summed E-state index contributed by atoms with van der Waals surface area (Å²) >= 11 is 6.11. The first-order valence-corrected chi connectivity index (χ1v) is 8.58. The molecule has 8 heteroatoms. The van der Waals surface area contributed by atoms with Crippen LogP contribution in [0, 0.1) is 0 Å². The average molecular weight is 363 g/mol. The highest BCUT2D eigenvalue weighted by molar-refractivity contribution is 6.32. The Hall–Kier alpha value is -2.54. The first-order valence-electron chi connectivity index (χ1n) is 8.20. The van der Waals surface area contributed by atoms with Crippen LogP contribution in [0.2, 0.25) is 5.02 Å². The van der Waals surface area contributed by atoms with Gasteiger partial charge in [-0.05, 0) is 25.0 Å². The van der Waals surface area contributed by atoms with E-state index in [4.69, 9.17) is 11.6 Å². The van der Waals surface area contributed by atoms with Crippen molar-refractivity contribution in [2.24, 2.45) is 5.10 Å². The van der Waals surface area contributed by atoms with Crippen LogP contribution in [0.15, 0.2) is 39.0 Å². The summed E-state index contributed by atoms with van der Waals surface area (Å²) in [6.07, 6.45) is 5.70. The van der Waals surface area contributed by atoms with Crippen LogP contribution >= 0.6 is 11.6 Å². The topological polar surface area (TPSA) is 90.7 Å². The monoisotopic (exact) mass is 362 g/mol. The SMILES string of the molecule is O=c1[nH]c(=O)n(-c2ccccc2Cl)c(O)c1C=NN1CCCCCC1. The van der Waals surface area contributed by atoms with Crippen LogP contribution in [-0.2, 0) is 0 Å². The van der Waals surface area contributed by atoms with E-state index >= 15 is 0 Å². The van der Waals surface area contributed by atoms with Gasteiger partial charge in [-0.2, -0.15) is 5.10 Å². The molecule has 0 bridgehead atoms. The molecular formula is C17H19ClN4O3. The maximum absolute atomic E-state index is 12.2. The Labute approximate surface area is 149 Å². The second kappa shape index (κ2) is 7.57. The lowest BCUT2D eigenvalue weighted by molar-refractivity contribution is 0.302. The predicted molar refractivity (Wildman–Crippen MR) is 97.0 cm³/mol. The van der Waals surface area contributed by atoms with Gasteiger partial charge in [0.2, 0.25) is 5.88 Å². The summed E-state index contributed by atoms with van der Waals surface area (Å²) in [5.41, 5.74) is -1.25. The summed E-state index contributed by atoms with van der Waals surface area (Å²) in [6.45, 7) is 1.61. The zero-order valence-corrected chi connectivity index (χ0v) is 14.4. The van der Waals surface area contributed by atoms with Gasteiger partial charge in [0.1, 0.15) is 5.56 Å². The molecule has 2 aromatic rings. The Morgan fingerprint density at radius 3 is 2.48 bits per heavy atom. The number of nitrogens with zero attached hydrogens (tertiary/aromatic N) is 3. The van der Waals surface area contributed by atoms with Crippen molar-refractivity contribution in [2.45, 2.75) is 25.7 Å². The lowest BCUT2D eigenvalue weighted by atomic mass is 10.2. The number of nitrogens with one attached hydrogen (secondary N) is 1. The standard InChI is InChI=1S/C17H19ClN4O3/c18-13-7-3-4-8-14(13)22-16(24)12(15(23)20-17(22)25)11-19-21-9-5-1-2-6-10-21/h3-4,7-8,11,24H,1-2,5-6,9-10H2,(H,20,23,25). The fourth-order valence-corrected chi connectivity index (χ4v) is 3.04. The van der Waals surface area contributed by atoms with Crippen LogP contribution in [0.25, 0.3) is 5.69 Å². The minimum absolute atomic E-state index is 0.0798. The number of hydrazone groups is 1. The maximum atomic E-state index is 12.2. The van der Waals surface area contributed by atoms with Gasteiger partial charge in [-0.15, -0.1) is 0 Å². The zero-order chi connectivity index (χ0) is 17.8. The highest BCUT2D eigenvalue weighted by atomic mass is 35.5. The van der Waals surface area contributed by atoms with Crippen molar-refractivity contribution in [1.29, 1.82) is 0 Å². The van der Waals surface area contributed by atoms with Crippen molar-refractivity contribution >= 4 is 17.8 Å². The summed E-state index contributed by atoms with van der Waals surface area (Å²) in [6, 6.07) is 6.57. The number of H-pyrrole nitrogens is 1. The molecule has 0 aliphatic carbocycles. The van der Waals surface area contributed by atoms with E-state index < -0.39 is 17.1 Å². The molecule has 0 radical (unpaired) electrons. The van der Waals surface area contributed by atoms with Crippen molar-refractivity contribution in [3.63, 3.8) is 0 Å². The molecule has 1 aliphatic rings. The molecule has 3 rings (SSSR count). The van der Waals surface area contributed by atoms with Crippen LogP contribution in [-0.4, -0.2) is 39.0 Å². The number of para-hydroxylation sites is 1. The fraction of sp³-hybridized carbons (Fsp3) is 0.353. The Balaban J connectivity index is 2.03. The van der Waals surface area contributed by atoms with Crippen LogP contribution in [0.3, 0.4) is 0 Å². The van der Waals surface area contributed by atoms with Gasteiger partial charge >= 0.3 is 5.69 Å². The fourth-order valence-electron chi connectivity index (χ4n) is 2.82. The minimum atomic E-state index is -0.762. The Morgan fingerprint density at radius 2 is 1.80 bits per heavy atom. The first kappa shape index (κ1) is 17.3. The summed E-state index contributed by atoms with van der Waals surface area (Å²) in [7, 11) is 0. The van der Waals surface area contributed by atoms with E-state index in [9.17, 15) is 14.7 Å². The molecular weight excluding hydrogens is 344 g/mol. The number of aromatic hydroxyl groups is 1. The van der Waals surface area contributed by atoms with Gasteiger partial charge in [-0.3, -0.25) is 14.8 Å². The van der Waals surface area contributed by atoms with Gasteiger partial charge in [-0.1, -0.05) is 36.6 Å². The Bertz CT molecular complexity index is 895. The van der Waals surface area contributed by atoms with Gasteiger partial charge in [0, 0.05) is 13.1 Å². The van der Waals surface area contributed by atoms with E-state index in [2.05, 4.69) is 10.1 Å². The molecule has 0 amide bonds. The normalized spacial score (nSPS) is 15.5. The van der Waals surface area contributed by atoms with E-state index in [1.165, 1.54) is 6.21 Å². The summed E-state index contributed by atoms with van der Waals surface area (Å²) in [5.74, 6) is -0.486. The maximum Gasteiger partial charge on any atom is 0.335 e. The van der Waals surface area contributed by atoms with Crippen LogP contribution in [0.5, 0.6) is 5.88 Å². The molecule has 25 heavy (non-hydrogen) atoms. The Kier molecular flexibility index (Phi) is 5.23. The molecule has 2 N–H and O–H groups in total. The highest BCUT2D eigenvalue weighted by Crippen LogP contribution is 2.22. The predicted octanol–water partition coefficient (Wildman–Crippen LogP) is 2.09. The molecule has 7 nitrogen and oxygen atoms in total. The lowest BCUT2D eigenvalue weighted by Crippen LogP contribution is -2.31. The zero-order valence-electron chi connectivity index (χ0n) is 13.6. The van der Waals surface area contributed by atoms with Crippen LogP contribution in [0.4, 0.5) is 0 Å². The van der Waals surface area contributed by atoms with Crippen molar-refractivity contribution in [3.8, 4) is 11.6 Å². The molecule has 0 atom stereocenters. The number of aromatic amines is 1. The molecule has 1 fully saturated rings.